The van der Waals surface area contributed by atoms with E-state index >= 15 is 0 Å². The predicted octanol–water partition coefficient (Wildman–Crippen LogP) is 3.14. The average molecular weight is 278 g/mol. The topological polar surface area (TPSA) is 73.1 Å². The van der Waals surface area contributed by atoms with Gasteiger partial charge in [0, 0.05) is 18.7 Å². The molecule has 1 aromatic heterocycles. The summed E-state index contributed by atoms with van der Waals surface area (Å²) in [5.41, 5.74) is -1.51. The van der Waals surface area contributed by atoms with Crippen molar-refractivity contribution in [2.75, 3.05) is 0 Å². The summed E-state index contributed by atoms with van der Waals surface area (Å²) in [5.74, 6) is -2.19. The number of nitro groups is 1. The molecule has 0 fully saturated rings. The normalized spacial score (nSPS) is 10.3. The van der Waals surface area contributed by atoms with Crippen molar-refractivity contribution >= 4 is 11.5 Å². The van der Waals surface area contributed by atoms with Gasteiger partial charge in [-0.15, -0.1) is 0 Å². The van der Waals surface area contributed by atoms with Crippen LogP contribution in [0.5, 0.6) is 0 Å². The van der Waals surface area contributed by atoms with Crippen molar-refractivity contribution in [1.29, 1.82) is 0 Å². The summed E-state index contributed by atoms with van der Waals surface area (Å²) >= 11 is 0. The Labute approximate surface area is 112 Å². The summed E-state index contributed by atoms with van der Waals surface area (Å²) in [6, 6.07) is 3.77. The molecule has 0 N–H and O–H groups in total. The van der Waals surface area contributed by atoms with Gasteiger partial charge in [-0.1, -0.05) is 0 Å². The Balaban J connectivity index is 2.80. The van der Waals surface area contributed by atoms with Crippen LogP contribution in [0.2, 0.25) is 0 Å². The van der Waals surface area contributed by atoms with Gasteiger partial charge in [-0.05, 0) is 24.3 Å². The average Bonchev–Trinajstić information content (AvgIpc) is 2.40. The number of pyridine rings is 1. The molecule has 0 aliphatic carbocycles. The maximum absolute atomic E-state index is 13.7. The van der Waals surface area contributed by atoms with Gasteiger partial charge in [-0.3, -0.25) is 14.9 Å². The number of rotatable bonds is 3. The van der Waals surface area contributed by atoms with E-state index in [2.05, 4.69) is 4.98 Å². The summed E-state index contributed by atoms with van der Waals surface area (Å²) in [4.78, 5) is 25.3. The van der Waals surface area contributed by atoms with E-state index in [1.54, 1.807) is 0 Å². The van der Waals surface area contributed by atoms with Gasteiger partial charge in [0.15, 0.2) is 11.5 Å². The van der Waals surface area contributed by atoms with Gasteiger partial charge in [-0.2, -0.15) is 0 Å². The third kappa shape index (κ3) is 2.37. The van der Waals surface area contributed by atoms with E-state index in [4.69, 9.17) is 0 Å². The van der Waals surface area contributed by atoms with E-state index < -0.39 is 33.7 Å². The SMILES string of the molecule is CC(=O)c1nccc(-c2cc(F)ccc2F)c1[N+](=O)[O-]. The Morgan fingerprint density at radius 3 is 2.55 bits per heavy atom. The van der Waals surface area contributed by atoms with Crippen molar-refractivity contribution in [2.45, 2.75) is 6.92 Å². The number of halogens is 2. The highest BCUT2D eigenvalue weighted by atomic mass is 19.1. The quantitative estimate of drug-likeness (QED) is 0.491. The summed E-state index contributed by atoms with van der Waals surface area (Å²) < 4.78 is 26.9. The molecule has 2 rings (SSSR count). The number of hydrogen-bond donors (Lipinski definition) is 0. The molecule has 102 valence electrons. The van der Waals surface area contributed by atoms with Gasteiger partial charge in [0.2, 0.25) is 0 Å². The molecule has 0 unspecified atom stereocenters. The number of carbonyl (C=O) groups excluding carboxylic acids is 1. The Hall–Kier alpha value is -2.70. The number of Topliss-reactive ketones (excluding diaryl/α,β-unsaturated/α-hetero) is 1. The van der Waals surface area contributed by atoms with Gasteiger partial charge in [0.1, 0.15) is 11.6 Å². The van der Waals surface area contributed by atoms with Crippen LogP contribution in [0.4, 0.5) is 14.5 Å². The second kappa shape index (κ2) is 5.12. The van der Waals surface area contributed by atoms with Crippen LogP contribution in [0.1, 0.15) is 17.4 Å². The standard InChI is InChI=1S/C13H8F2N2O3/c1-7(18)12-13(17(19)20)9(4-5-16-12)10-6-8(14)2-3-11(10)15/h2-6H,1H3. The second-order valence-corrected chi connectivity index (χ2v) is 3.99. The highest BCUT2D eigenvalue weighted by Crippen LogP contribution is 2.33. The zero-order chi connectivity index (χ0) is 14.9. The van der Waals surface area contributed by atoms with Crippen LogP contribution < -0.4 is 0 Å². The summed E-state index contributed by atoms with van der Waals surface area (Å²) in [6.07, 6.45) is 1.14. The lowest BCUT2D eigenvalue weighted by Crippen LogP contribution is -2.05. The fourth-order valence-electron chi connectivity index (χ4n) is 1.82. The molecule has 0 aliphatic rings. The molecule has 0 saturated heterocycles. The molecule has 0 saturated carbocycles. The first kappa shape index (κ1) is 13.7. The van der Waals surface area contributed by atoms with Gasteiger partial charge < -0.3 is 0 Å². The number of aromatic nitrogens is 1. The minimum Gasteiger partial charge on any atom is -0.292 e. The lowest BCUT2D eigenvalue weighted by molar-refractivity contribution is -0.384. The molecule has 5 nitrogen and oxygen atoms in total. The second-order valence-electron chi connectivity index (χ2n) is 3.99. The fraction of sp³-hybridized carbons (Fsp3) is 0.0769. The molecular weight excluding hydrogens is 270 g/mol. The molecular formula is C13H8F2N2O3. The van der Waals surface area contributed by atoms with Crippen LogP contribution in [0.3, 0.4) is 0 Å². The third-order valence-electron chi connectivity index (χ3n) is 2.66. The maximum Gasteiger partial charge on any atom is 0.306 e. The monoisotopic (exact) mass is 278 g/mol. The largest absolute Gasteiger partial charge is 0.306 e. The van der Waals surface area contributed by atoms with Crippen molar-refractivity contribution in [2.24, 2.45) is 0 Å². The fourth-order valence-corrected chi connectivity index (χ4v) is 1.82. The van der Waals surface area contributed by atoms with Gasteiger partial charge in [0.25, 0.3) is 0 Å². The van der Waals surface area contributed by atoms with Crippen LogP contribution in [-0.2, 0) is 0 Å². The first-order valence-corrected chi connectivity index (χ1v) is 5.51. The van der Waals surface area contributed by atoms with E-state index in [1.807, 2.05) is 0 Å². The summed E-state index contributed by atoms with van der Waals surface area (Å²) in [7, 11) is 0. The maximum atomic E-state index is 13.7. The smallest absolute Gasteiger partial charge is 0.292 e. The third-order valence-corrected chi connectivity index (χ3v) is 2.66. The zero-order valence-corrected chi connectivity index (χ0v) is 10.3. The number of carbonyl (C=O) groups is 1. The number of ketones is 1. The molecule has 0 radical (unpaired) electrons. The number of nitrogens with zero attached hydrogens (tertiary/aromatic N) is 2. The van der Waals surface area contributed by atoms with Gasteiger partial charge >= 0.3 is 5.69 Å². The van der Waals surface area contributed by atoms with E-state index in [0.717, 1.165) is 31.3 Å². The Morgan fingerprint density at radius 2 is 1.95 bits per heavy atom. The first-order valence-electron chi connectivity index (χ1n) is 5.51. The molecule has 1 aromatic carbocycles. The zero-order valence-electron chi connectivity index (χ0n) is 10.3. The van der Waals surface area contributed by atoms with Gasteiger partial charge in [0.05, 0.1) is 10.5 Å². The van der Waals surface area contributed by atoms with Crippen LogP contribution in [0.25, 0.3) is 11.1 Å². The molecule has 0 bridgehead atoms. The van der Waals surface area contributed by atoms with E-state index in [9.17, 15) is 23.7 Å². The Kier molecular flexibility index (Phi) is 3.51. The number of benzene rings is 1. The molecule has 2 aromatic rings. The number of hydrogen-bond acceptors (Lipinski definition) is 4. The first-order chi connectivity index (χ1) is 9.41. The van der Waals surface area contributed by atoms with Crippen LogP contribution in [0, 0.1) is 21.7 Å². The Bertz CT molecular complexity index is 717. The van der Waals surface area contributed by atoms with Crippen molar-refractivity contribution < 1.29 is 18.5 Å². The molecule has 0 atom stereocenters. The lowest BCUT2D eigenvalue weighted by Gasteiger charge is -2.06. The minimum atomic E-state index is -0.830. The molecule has 0 aliphatic heterocycles. The minimum absolute atomic E-state index is 0.188. The lowest BCUT2D eigenvalue weighted by atomic mass is 10.0. The molecule has 0 amide bonds. The van der Waals surface area contributed by atoms with Crippen molar-refractivity contribution in [1.82, 2.24) is 4.98 Å². The summed E-state index contributed by atoms with van der Waals surface area (Å²) in [5, 5.41) is 11.1. The molecule has 0 spiro atoms. The van der Waals surface area contributed by atoms with E-state index in [1.165, 1.54) is 6.07 Å². The highest BCUT2D eigenvalue weighted by Gasteiger charge is 2.26. The van der Waals surface area contributed by atoms with Crippen molar-refractivity contribution in [3.8, 4) is 11.1 Å². The Morgan fingerprint density at radius 1 is 1.25 bits per heavy atom. The van der Waals surface area contributed by atoms with Crippen LogP contribution in [0.15, 0.2) is 30.5 Å². The van der Waals surface area contributed by atoms with Crippen LogP contribution in [-0.4, -0.2) is 15.7 Å². The molecule has 1 heterocycles. The predicted molar refractivity (Wildman–Crippen MR) is 66.2 cm³/mol. The molecule has 20 heavy (non-hydrogen) atoms. The van der Waals surface area contributed by atoms with Crippen molar-refractivity contribution in [3.63, 3.8) is 0 Å². The summed E-state index contributed by atoms with van der Waals surface area (Å²) in [6.45, 7) is 1.11. The highest BCUT2D eigenvalue weighted by molar-refractivity contribution is 5.99. The van der Waals surface area contributed by atoms with E-state index in [-0.39, 0.29) is 11.1 Å². The van der Waals surface area contributed by atoms with Gasteiger partial charge in [-0.25, -0.2) is 13.8 Å². The van der Waals surface area contributed by atoms with Crippen molar-refractivity contribution in [3.05, 3.63) is 57.9 Å². The van der Waals surface area contributed by atoms with Crippen LogP contribution >= 0.6 is 0 Å². The van der Waals surface area contributed by atoms with E-state index in [0.29, 0.717) is 0 Å². The molecule has 7 heteroatoms.